The fourth-order valence-corrected chi connectivity index (χ4v) is 3.51. The van der Waals surface area contributed by atoms with Crippen LogP contribution in [0.1, 0.15) is 33.6 Å². The minimum atomic E-state index is -0.379. The number of rotatable bonds is 6. The Morgan fingerprint density at radius 1 is 0.933 bits per heavy atom. The first-order valence-electron chi connectivity index (χ1n) is 9.50. The van der Waals surface area contributed by atoms with Crippen LogP contribution < -0.4 is 5.32 Å². The number of nitrogens with zero attached hydrogens (tertiary/aromatic N) is 2. The molecule has 0 aliphatic carbocycles. The van der Waals surface area contributed by atoms with Crippen LogP contribution in [0.25, 0.3) is 11.1 Å². The van der Waals surface area contributed by atoms with Crippen molar-refractivity contribution in [3.63, 3.8) is 0 Å². The lowest BCUT2D eigenvalue weighted by molar-refractivity contribution is -0.116. The Morgan fingerprint density at radius 3 is 2.43 bits per heavy atom. The van der Waals surface area contributed by atoms with Gasteiger partial charge in [0.05, 0.1) is 11.1 Å². The summed E-state index contributed by atoms with van der Waals surface area (Å²) in [6.45, 7) is 0.164. The standard InChI is InChI=1S/C23H18ClN3O3/c24-17-9-10-18-19(13-17)23(30)27(22(18)29)12-4-7-21(28)26-20-11-8-16(14-25-20)15-5-2-1-3-6-15/h1-3,5-6,8-11,13-14H,4,7,12H2,(H,25,26,28). The molecule has 0 saturated heterocycles. The molecule has 3 amide bonds. The quantitative estimate of drug-likeness (QED) is 0.600. The smallest absolute Gasteiger partial charge is 0.261 e. The van der Waals surface area contributed by atoms with Crippen molar-refractivity contribution in [3.05, 3.63) is 83.0 Å². The number of aromatic nitrogens is 1. The van der Waals surface area contributed by atoms with Crippen LogP contribution >= 0.6 is 11.6 Å². The maximum absolute atomic E-state index is 12.4. The largest absolute Gasteiger partial charge is 0.311 e. The molecule has 0 saturated carbocycles. The maximum atomic E-state index is 12.4. The van der Waals surface area contributed by atoms with Gasteiger partial charge >= 0.3 is 0 Å². The molecular weight excluding hydrogens is 402 g/mol. The molecule has 0 radical (unpaired) electrons. The molecule has 1 aromatic heterocycles. The Balaban J connectivity index is 1.29. The first-order chi connectivity index (χ1) is 14.5. The Hall–Kier alpha value is -3.51. The minimum absolute atomic E-state index is 0.163. The summed E-state index contributed by atoms with van der Waals surface area (Å²) in [5, 5.41) is 3.14. The Kier molecular flexibility index (Phi) is 5.59. The maximum Gasteiger partial charge on any atom is 0.261 e. The van der Waals surface area contributed by atoms with Gasteiger partial charge < -0.3 is 5.32 Å². The SMILES string of the molecule is O=C(CCCN1C(=O)c2ccc(Cl)cc2C1=O)Nc1ccc(-c2ccccc2)cn1. The van der Waals surface area contributed by atoms with Gasteiger partial charge in [0.1, 0.15) is 5.82 Å². The molecule has 7 heteroatoms. The molecule has 0 atom stereocenters. The number of hydrogen-bond donors (Lipinski definition) is 1. The van der Waals surface area contributed by atoms with Crippen molar-refractivity contribution in [2.75, 3.05) is 11.9 Å². The van der Waals surface area contributed by atoms with Crippen LogP contribution in [0.3, 0.4) is 0 Å². The lowest BCUT2D eigenvalue weighted by atomic mass is 10.1. The fourth-order valence-electron chi connectivity index (χ4n) is 3.34. The molecule has 2 heterocycles. The highest BCUT2D eigenvalue weighted by Gasteiger charge is 2.35. The van der Waals surface area contributed by atoms with Gasteiger partial charge in [0.15, 0.2) is 0 Å². The van der Waals surface area contributed by atoms with E-state index in [4.69, 9.17) is 11.6 Å². The Morgan fingerprint density at radius 2 is 1.70 bits per heavy atom. The third kappa shape index (κ3) is 4.09. The molecule has 1 aliphatic heterocycles. The van der Waals surface area contributed by atoms with E-state index in [0.717, 1.165) is 16.0 Å². The molecule has 3 aromatic rings. The second-order valence-corrected chi connectivity index (χ2v) is 7.34. The molecule has 150 valence electrons. The summed E-state index contributed by atoms with van der Waals surface area (Å²) >= 11 is 5.91. The van der Waals surface area contributed by atoms with E-state index < -0.39 is 0 Å². The number of imide groups is 1. The van der Waals surface area contributed by atoms with E-state index in [2.05, 4.69) is 10.3 Å². The lowest BCUT2D eigenvalue weighted by Crippen LogP contribution is -2.31. The van der Waals surface area contributed by atoms with Gasteiger partial charge in [-0.25, -0.2) is 4.98 Å². The van der Waals surface area contributed by atoms with Gasteiger partial charge in [-0.2, -0.15) is 0 Å². The van der Waals surface area contributed by atoms with Crippen LogP contribution in [0.4, 0.5) is 5.82 Å². The molecule has 1 aliphatic rings. The highest BCUT2D eigenvalue weighted by Crippen LogP contribution is 2.26. The van der Waals surface area contributed by atoms with Gasteiger partial charge in [-0.1, -0.05) is 41.9 Å². The number of carbonyl (C=O) groups is 3. The molecule has 30 heavy (non-hydrogen) atoms. The zero-order valence-electron chi connectivity index (χ0n) is 16.0. The third-order valence-corrected chi connectivity index (χ3v) is 5.09. The van der Waals surface area contributed by atoms with E-state index in [-0.39, 0.29) is 30.7 Å². The molecule has 0 unspecified atom stereocenters. The third-order valence-electron chi connectivity index (χ3n) is 4.86. The van der Waals surface area contributed by atoms with Crippen molar-refractivity contribution in [2.24, 2.45) is 0 Å². The molecule has 0 bridgehead atoms. The van der Waals surface area contributed by atoms with Crippen LogP contribution in [0.15, 0.2) is 66.9 Å². The first-order valence-corrected chi connectivity index (χ1v) is 9.88. The van der Waals surface area contributed by atoms with Crippen molar-refractivity contribution in [2.45, 2.75) is 12.8 Å². The number of hydrogen-bond acceptors (Lipinski definition) is 4. The molecule has 0 fully saturated rings. The summed E-state index contributed by atoms with van der Waals surface area (Å²) in [7, 11) is 0. The number of halogens is 1. The van der Waals surface area contributed by atoms with Crippen LogP contribution in [0.5, 0.6) is 0 Å². The summed E-state index contributed by atoms with van der Waals surface area (Å²) in [6, 6.07) is 18.1. The monoisotopic (exact) mass is 419 g/mol. The predicted molar refractivity (Wildman–Crippen MR) is 114 cm³/mol. The van der Waals surface area contributed by atoms with Crippen molar-refractivity contribution in [3.8, 4) is 11.1 Å². The zero-order chi connectivity index (χ0) is 21.1. The first kappa shape index (κ1) is 19.8. The van der Waals surface area contributed by atoms with Crippen molar-refractivity contribution in [1.29, 1.82) is 0 Å². The van der Waals surface area contributed by atoms with Gasteiger partial charge in [-0.3, -0.25) is 19.3 Å². The Bertz CT molecular complexity index is 1110. The summed E-state index contributed by atoms with van der Waals surface area (Å²) < 4.78 is 0. The van der Waals surface area contributed by atoms with Gasteiger partial charge in [-0.05, 0) is 42.3 Å². The number of carbonyl (C=O) groups excluding carboxylic acids is 3. The highest BCUT2D eigenvalue weighted by atomic mass is 35.5. The van der Waals surface area contributed by atoms with Gasteiger partial charge in [0.2, 0.25) is 5.91 Å². The Labute approximate surface area is 178 Å². The van der Waals surface area contributed by atoms with Gasteiger partial charge in [0, 0.05) is 29.7 Å². The number of anilines is 1. The summed E-state index contributed by atoms with van der Waals surface area (Å²) in [6.07, 6.45) is 2.22. The van der Waals surface area contributed by atoms with E-state index in [0.29, 0.717) is 28.4 Å². The predicted octanol–water partition coefficient (Wildman–Crippen LogP) is 4.42. The van der Waals surface area contributed by atoms with Gasteiger partial charge in [0.25, 0.3) is 11.8 Å². The number of benzene rings is 2. The lowest BCUT2D eigenvalue weighted by Gasteiger charge is -2.13. The van der Waals surface area contributed by atoms with Crippen LogP contribution in [0.2, 0.25) is 5.02 Å². The number of nitrogens with one attached hydrogen (secondary N) is 1. The second kappa shape index (κ2) is 8.47. The minimum Gasteiger partial charge on any atom is -0.311 e. The summed E-state index contributed by atoms with van der Waals surface area (Å²) in [5.41, 5.74) is 2.65. The van der Waals surface area contributed by atoms with E-state index in [1.165, 1.54) is 6.07 Å². The number of fused-ring (bicyclic) bond motifs is 1. The molecule has 6 nitrogen and oxygen atoms in total. The number of amides is 3. The molecule has 2 aromatic carbocycles. The van der Waals surface area contributed by atoms with Crippen LogP contribution in [0, 0.1) is 0 Å². The van der Waals surface area contributed by atoms with Crippen molar-refractivity contribution >= 4 is 35.1 Å². The van der Waals surface area contributed by atoms with E-state index >= 15 is 0 Å². The molecular formula is C23H18ClN3O3. The van der Waals surface area contributed by atoms with E-state index in [1.54, 1.807) is 24.4 Å². The van der Waals surface area contributed by atoms with E-state index in [1.807, 2.05) is 36.4 Å². The highest BCUT2D eigenvalue weighted by molar-refractivity contribution is 6.32. The average molecular weight is 420 g/mol. The van der Waals surface area contributed by atoms with Crippen LogP contribution in [-0.2, 0) is 4.79 Å². The molecule has 0 spiro atoms. The number of pyridine rings is 1. The molecule has 4 rings (SSSR count). The average Bonchev–Trinajstić information content (AvgIpc) is 2.99. The summed E-state index contributed by atoms with van der Waals surface area (Å²) in [4.78, 5) is 42.4. The normalized spacial score (nSPS) is 12.8. The summed E-state index contributed by atoms with van der Waals surface area (Å²) in [5.74, 6) is -0.508. The fraction of sp³-hybridized carbons (Fsp3) is 0.130. The molecule has 1 N–H and O–H groups in total. The zero-order valence-corrected chi connectivity index (χ0v) is 16.7. The van der Waals surface area contributed by atoms with Crippen molar-refractivity contribution in [1.82, 2.24) is 9.88 Å². The van der Waals surface area contributed by atoms with Crippen LogP contribution in [-0.4, -0.2) is 34.2 Å². The van der Waals surface area contributed by atoms with Crippen molar-refractivity contribution < 1.29 is 14.4 Å². The van der Waals surface area contributed by atoms with E-state index in [9.17, 15) is 14.4 Å². The second-order valence-electron chi connectivity index (χ2n) is 6.90. The van der Waals surface area contributed by atoms with Gasteiger partial charge in [-0.15, -0.1) is 0 Å². The topological polar surface area (TPSA) is 79.4 Å².